The van der Waals surface area contributed by atoms with E-state index < -0.39 is 11.4 Å². The van der Waals surface area contributed by atoms with Crippen LogP contribution in [0, 0.1) is 12.3 Å². The van der Waals surface area contributed by atoms with Gasteiger partial charge in [0.2, 0.25) is 5.91 Å². The van der Waals surface area contributed by atoms with Gasteiger partial charge >= 0.3 is 5.97 Å². The molecule has 0 unspecified atom stereocenters. The molecule has 0 saturated heterocycles. The summed E-state index contributed by atoms with van der Waals surface area (Å²) in [5.74, 6) is 0.473. The van der Waals surface area contributed by atoms with E-state index >= 15 is 0 Å². The molecule has 2 aromatic rings. The van der Waals surface area contributed by atoms with E-state index in [0.717, 1.165) is 10.8 Å². The third kappa shape index (κ3) is 4.66. The number of carbonyl (C=O) groups excluding carboxylic acids is 1. The number of carboxylic acid groups (broad SMARTS) is 1. The van der Waals surface area contributed by atoms with Crippen molar-refractivity contribution < 1.29 is 19.1 Å². The number of aliphatic carboxylic acids is 1. The third-order valence-corrected chi connectivity index (χ3v) is 4.40. The fourth-order valence-electron chi connectivity index (χ4n) is 1.90. The zero-order chi connectivity index (χ0) is 17.0. The molecule has 1 amide bonds. The van der Waals surface area contributed by atoms with Gasteiger partial charge in [0.15, 0.2) is 10.8 Å². The van der Waals surface area contributed by atoms with E-state index in [4.69, 9.17) is 9.52 Å². The Morgan fingerprint density at radius 3 is 2.74 bits per heavy atom. The van der Waals surface area contributed by atoms with Gasteiger partial charge in [-0.25, -0.2) is 4.98 Å². The van der Waals surface area contributed by atoms with Gasteiger partial charge in [-0.15, -0.1) is 11.3 Å². The minimum atomic E-state index is -0.871. The van der Waals surface area contributed by atoms with Crippen molar-refractivity contribution in [2.45, 2.75) is 33.6 Å². The summed E-state index contributed by atoms with van der Waals surface area (Å²) in [5, 5.41) is 14.3. The van der Waals surface area contributed by atoms with Gasteiger partial charge in [-0.3, -0.25) is 9.59 Å². The molecule has 23 heavy (non-hydrogen) atoms. The first-order valence-corrected chi connectivity index (χ1v) is 8.17. The number of carboxylic acids is 1. The van der Waals surface area contributed by atoms with Crippen LogP contribution in [0.4, 0.5) is 0 Å². The Bertz CT molecular complexity index is 703. The Kier molecular flexibility index (Phi) is 5.20. The highest BCUT2D eigenvalue weighted by atomic mass is 32.1. The molecule has 2 heterocycles. The second-order valence-corrected chi connectivity index (χ2v) is 6.88. The quantitative estimate of drug-likeness (QED) is 0.811. The molecule has 7 heteroatoms. The van der Waals surface area contributed by atoms with Crippen LogP contribution in [-0.2, 0) is 16.0 Å². The van der Waals surface area contributed by atoms with Crippen LogP contribution in [0.3, 0.4) is 0 Å². The van der Waals surface area contributed by atoms with Gasteiger partial charge < -0.3 is 14.8 Å². The van der Waals surface area contributed by atoms with E-state index in [9.17, 15) is 9.59 Å². The molecule has 0 saturated carbocycles. The maximum absolute atomic E-state index is 11.9. The number of amides is 1. The van der Waals surface area contributed by atoms with Crippen LogP contribution in [0.1, 0.15) is 31.7 Å². The molecule has 124 valence electrons. The predicted octanol–water partition coefficient (Wildman–Crippen LogP) is 2.87. The first-order chi connectivity index (χ1) is 10.8. The zero-order valence-electron chi connectivity index (χ0n) is 13.4. The second-order valence-electron chi connectivity index (χ2n) is 6.02. The van der Waals surface area contributed by atoms with Gasteiger partial charge in [0.1, 0.15) is 5.76 Å². The topological polar surface area (TPSA) is 92.4 Å². The summed E-state index contributed by atoms with van der Waals surface area (Å²) < 4.78 is 5.50. The molecule has 0 bridgehead atoms. The average Bonchev–Trinajstić information content (AvgIpc) is 3.07. The number of thiazole rings is 1. The molecule has 0 aromatic carbocycles. The number of carbonyl (C=O) groups is 2. The molecular formula is C16H20N2O4S. The molecule has 0 radical (unpaired) electrons. The average molecular weight is 336 g/mol. The van der Waals surface area contributed by atoms with Crippen LogP contribution < -0.4 is 5.32 Å². The first kappa shape index (κ1) is 17.2. The van der Waals surface area contributed by atoms with Crippen LogP contribution in [0.25, 0.3) is 10.8 Å². The summed E-state index contributed by atoms with van der Waals surface area (Å²) in [7, 11) is 0. The molecule has 6 nitrogen and oxygen atoms in total. The van der Waals surface area contributed by atoms with Gasteiger partial charge in [0, 0.05) is 11.9 Å². The molecule has 2 rings (SSSR count). The van der Waals surface area contributed by atoms with Crippen molar-refractivity contribution >= 4 is 23.2 Å². The first-order valence-electron chi connectivity index (χ1n) is 7.29. The molecule has 2 N–H and O–H groups in total. The smallest absolute Gasteiger partial charge is 0.309 e. The lowest BCUT2D eigenvalue weighted by atomic mass is 9.90. The fraction of sp³-hybridized carbons (Fsp3) is 0.438. The summed E-state index contributed by atoms with van der Waals surface area (Å²) >= 11 is 1.43. The van der Waals surface area contributed by atoms with Crippen molar-refractivity contribution in [3.05, 3.63) is 29.0 Å². The Balaban J connectivity index is 1.84. The fourth-order valence-corrected chi connectivity index (χ4v) is 2.68. The molecule has 2 aromatic heterocycles. The summed E-state index contributed by atoms with van der Waals surface area (Å²) in [6.45, 7) is 5.47. The lowest BCUT2D eigenvalue weighted by molar-refractivity contribution is -0.147. The normalized spacial score (nSPS) is 11.4. The van der Waals surface area contributed by atoms with Crippen molar-refractivity contribution in [3.8, 4) is 10.8 Å². The minimum Gasteiger partial charge on any atom is -0.481 e. The SMILES string of the molecule is Cc1ccc(-c2nc(CC(=O)NCCC(C)(C)C(=O)O)cs2)o1. The summed E-state index contributed by atoms with van der Waals surface area (Å²) in [6, 6.07) is 3.72. The maximum atomic E-state index is 11.9. The number of aromatic nitrogens is 1. The molecular weight excluding hydrogens is 316 g/mol. The number of nitrogens with zero attached hydrogens (tertiary/aromatic N) is 1. The highest BCUT2D eigenvalue weighted by Gasteiger charge is 2.26. The maximum Gasteiger partial charge on any atom is 0.309 e. The Hall–Kier alpha value is -2.15. The number of hydrogen-bond donors (Lipinski definition) is 2. The summed E-state index contributed by atoms with van der Waals surface area (Å²) in [5.41, 5.74) is -0.174. The highest BCUT2D eigenvalue weighted by molar-refractivity contribution is 7.13. The van der Waals surface area contributed by atoms with Crippen molar-refractivity contribution in [1.29, 1.82) is 0 Å². The highest BCUT2D eigenvalue weighted by Crippen LogP contribution is 2.25. The minimum absolute atomic E-state index is 0.168. The largest absolute Gasteiger partial charge is 0.481 e. The lowest BCUT2D eigenvalue weighted by Gasteiger charge is -2.18. The van der Waals surface area contributed by atoms with Crippen molar-refractivity contribution in [1.82, 2.24) is 10.3 Å². The van der Waals surface area contributed by atoms with E-state index in [2.05, 4.69) is 10.3 Å². The van der Waals surface area contributed by atoms with Gasteiger partial charge in [-0.2, -0.15) is 0 Å². The molecule has 0 fully saturated rings. The number of rotatable bonds is 7. The van der Waals surface area contributed by atoms with Crippen LogP contribution in [0.15, 0.2) is 21.9 Å². The molecule has 0 spiro atoms. The predicted molar refractivity (Wildman–Crippen MR) is 87.3 cm³/mol. The number of hydrogen-bond acceptors (Lipinski definition) is 5. The molecule has 0 aliphatic carbocycles. The van der Waals surface area contributed by atoms with Crippen molar-refractivity contribution in [2.24, 2.45) is 5.41 Å². The van der Waals surface area contributed by atoms with Gasteiger partial charge in [-0.1, -0.05) is 0 Å². The van der Waals surface area contributed by atoms with Crippen LogP contribution in [0.5, 0.6) is 0 Å². The summed E-state index contributed by atoms with van der Waals surface area (Å²) in [4.78, 5) is 27.3. The van der Waals surface area contributed by atoms with E-state index in [-0.39, 0.29) is 12.3 Å². The zero-order valence-corrected chi connectivity index (χ0v) is 14.2. The van der Waals surface area contributed by atoms with Gasteiger partial charge in [0.25, 0.3) is 0 Å². The number of aryl methyl sites for hydroxylation is 1. The Labute approximate surface area is 138 Å². The number of nitrogens with one attached hydrogen (secondary N) is 1. The van der Waals surface area contributed by atoms with E-state index in [1.807, 2.05) is 24.4 Å². The van der Waals surface area contributed by atoms with E-state index in [0.29, 0.717) is 24.4 Å². The Morgan fingerprint density at radius 1 is 1.39 bits per heavy atom. The molecule has 0 aliphatic heterocycles. The van der Waals surface area contributed by atoms with Gasteiger partial charge in [0.05, 0.1) is 17.5 Å². The standard InChI is InChI=1S/C16H20N2O4S/c1-10-4-5-12(22-10)14-18-11(9-23-14)8-13(19)17-7-6-16(2,3)15(20)21/h4-5,9H,6-8H2,1-3H3,(H,17,19)(H,20,21). The van der Waals surface area contributed by atoms with Crippen LogP contribution in [0.2, 0.25) is 0 Å². The Morgan fingerprint density at radius 2 is 2.13 bits per heavy atom. The third-order valence-electron chi connectivity index (χ3n) is 3.50. The van der Waals surface area contributed by atoms with Gasteiger partial charge in [-0.05, 0) is 39.3 Å². The van der Waals surface area contributed by atoms with Crippen LogP contribution in [-0.4, -0.2) is 28.5 Å². The monoisotopic (exact) mass is 336 g/mol. The molecule has 0 aliphatic rings. The second kappa shape index (κ2) is 6.95. The number of furan rings is 1. The van der Waals surface area contributed by atoms with Crippen LogP contribution >= 0.6 is 11.3 Å². The molecule has 0 atom stereocenters. The van der Waals surface area contributed by atoms with Crippen molar-refractivity contribution in [3.63, 3.8) is 0 Å². The lowest BCUT2D eigenvalue weighted by Crippen LogP contribution is -2.32. The van der Waals surface area contributed by atoms with E-state index in [1.54, 1.807) is 13.8 Å². The van der Waals surface area contributed by atoms with E-state index in [1.165, 1.54) is 11.3 Å². The van der Waals surface area contributed by atoms with Crippen molar-refractivity contribution in [2.75, 3.05) is 6.54 Å². The summed E-state index contributed by atoms with van der Waals surface area (Å²) in [6.07, 6.45) is 0.547.